The van der Waals surface area contributed by atoms with E-state index in [4.69, 9.17) is 0 Å². The van der Waals surface area contributed by atoms with Crippen LogP contribution in [0.1, 0.15) is 11.1 Å². The Balaban J connectivity index is 2.16. The minimum Gasteiger partial charge on any atom is -0.232 e. The molecule has 0 saturated carbocycles. The molecule has 0 radical (unpaired) electrons. The fourth-order valence-electron chi connectivity index (χ4n) is 1.71. The van der Waals surface area contributed by atoms with Crippen molar-refractivity contribution in [1.29, 1.82) is 0 Å². The molecule has 0 unspecified atom stereocenters. The Hall–Kier alpha value is -1.76. The van der Waals surface area contributed by atoms with Gasteiger partial charge in [0, 0.05) is 0 Å². The summed E-state index contributed by atoms with van der Waals surface area (Å²) >= 11 is 0. The van der Waals surface area contributed by atoms with Crippen molar-refractivity contribution in [3.05, 3.63) is 59.7 Å². The minimum atomic E-state index is -2.55. The molecule has 0 aliphatic rings. The Bertz CT molecular complexity index is 632. The first-order chi connectivity index (χ1) is 9.06. The average molecular weight is 292 g/mol. The molecule has 2 aromatic carbocycles. The van der Waals surface area contributed by atoms with Gasteiger partial charge < -0.3 is 0 Å². The van der Waals surface area contributed by atoms with E-state index < -0.39 is 15.4 Å². The molecule has 2 rings (SSSR count). The lowest BCUT2D eigenvalue weighted by Crippen LogP contribution is -1.97. The predicted octanol–water partition coefficient (Wildman–Crippen LogP) is 2.87. The second-order valence-electron chi connectivity index (χ2n) is 4.02. The highest BCUT2D eigenvalue weighted by Gasteiger charge is 2.02. The van der Waals surface area contributed by atoms with Crippen LogP contribution in [0, 0.1) is 0 Å². The lowest BCUT2D eigenvalue weighted by atomic mass is 10.1. The molecule has 0 aromatic heterocycles. The summed E-state index contributed by atoms with van der Waals surface area (Å²) in [5.41, 5.74) is 1.94. The first-order valence-electron chi connectivity index (χ1n) is 5.53. The fraction of sp³-hybridized carbons (Fsp3) is 0.0769. The molecule has 4 nitrogen and oxygen atoms in total. The van der Waals surface area contributed by atoms with Crippen LogP contribution in [-0.2, 0) is 24.7 Å². The summed E-state index contributed by atoms with van der Waals surface area (Å²) in [6.07, 6.45) is 0.631. The van der Waals surface area contributed by atoms with Crippen molar-refractivity contribution in [1.82, 2.24) is 0 Å². The van der Waals surface area contributed by atoms with Crippen LogP contribution >= 0.6 is 15.4 Å². The van der Waals surface area contributed by atoms with E-state index in [1.165, 1.54) is 0 Å². The molecule has 19 heavy (non-hydrogen) atoms. The maximum Gasteiger partial charge on any atom is 0.348 e. The molecule has 0 fully saturated rings. The highest BCUT2D eigenvalue weighted by molar-refractivity contribution is 7.40. The molecule has 0 aliphatic heterocycles. The van der Waals surface area contributed by atoms with Gasteiger partial charge in [0.1, 0.15) is 0 Å². The summed E-state index contributed by atoms with van der Waals surface area (Å²) in [7, 11) is -5.09. The van der Waals surface area contributed by atoms with Crippen LogP contribution in [0.25, 0.3) is 0 Å². The highest BCUT2D eigenvalue weighted by Crippen LogP contribution is 2.12. The quantitative estimate of drug-likeness (QED) is 0.812. The molecule has 0 bridgehead atoms. The topological polar surface area (TPSA) is 68.3 Å². The Labute approximate surface area is 111 Å². The average Bonchev–Trinajstić information content (AvgIpc) is 2.40. The molecule has 2 aromatic rings. The van der Waals surface area contributed by atoms with Crippen molar-refractivity contribution >= 4 is 26.0 Å². The van der Waals surface area contributed by atoms with Gasteiger partial charge in [-0.05, 0) is 41.8 Å². The first-order valence-corrected chi connectivity index (χ1v) is 7.88. The Morgan fingerprint density at radius 1 is 0.579 bits per heavy atom. The third-order valence-electron chi connectivity index (χ3n) is 2.70. The zero-order valence-corrected chi connectivity index (χ0v) is 11.6. The van der Waals surface area contributed by atoms with Gasteiger partial charge in [0.05, 0.1) is 10.6 Å². The second-order valence-corrected chi connectivity index (χ2v) is 6.09. The van der Waals surface area contributed by atoms with E-state index in [1.807, 2.05) is 0 Å². The van der Waals surface area contributed by atoms with Gasteiger partial charge in [-0.2, -0.15) is 0 Å². The molecule has 0 spiro atoms. The van der Waals surface area contributed by atoms with Crippen molar-refractivity contribution in [2.45, 2.75) is 6.42 Å². The van der Waals surface area contributed by atoms with Crippen LogP contribution in [-0.4, -0.2) is 0 Å². The van der Waals surface area contributed by atoms with Crippen LogP contribution < -0.4 is 10.6 Å². The van der Waals surface area contributed by atoms with Crippen molar-refractivity contribution in [3.8, 4) is 0 Å². The van der Waals surface area contributed by atoms with Gasteiger partial charge in [-0.25, -0.2) is 18.3 Å². The Morgan fingerprint density at radius 2 is 0.895 bits per heavy atom. The monoisotopic (exact) mass is 292 g/mol. The van der Waals surface area contributed by atoms with E-state index >= 15 is 0 Å². The van der Waals surface area contributed by atoms with Gasteiger partial charge >= 0.3 is 15.4 Å². The van der Waals surface area contributed by atoms with Gasteiger partial charge in [0.25, 0.3) is 0 Å². The van der Waals surface area contributed by atoms with Crippen LogP contribution in [0.2, 0.25) is 0 Å². The maximum absolute atomic E-state index is 10.8. The number of rotatable bonds is 4. The SMILES string of the molecule is O=P(=O)c1ccc(Cc2ccc(P(=O)=O)cc2)cc1. The largest absolute Gasteiger partial charge is 0.348 e. The zero-order valence-electron chi connectivity index (χ0n) is 9.85. The highest BCUT2D eigenvalue weighted by atomic mass is 31.1. The first kappa shape index (κ1) is 13.7. The smallest absolute Gasteiger partial charge is 0.232 e. The summed E-state index contributed by atoms with van der Waals surface area (Å²) in [5, 5.41) is 0.579. The second kappa shape index (κ2) is 5.92. The molecule has 0 amide bonds. The van der Waals surface area contributed by atoms with E-state index in [9.17, 15) is 18.3 Å². The molecule has 0 aliphatic carbocycles. The van der Waals surface area contributed by atoms with E-state index in [1.54, 1.807) is 48.5 Å². The summed E-state index contributed by atoms with van der Waals surface area (Å²) in [6.45, 7) is 0. The Morgan fingerprint density at radius 3 is 1.16 bits per heavy atom. The van der Waals surface area contributed by atoms with Crippen LogP contribution in [0.15, 0.2) is 48.5 Å². The Kier molecular flexibility index (Phi) is 4.26. The molecule has 0 N–H and O–H groups in total. The third-order valence-corrected chi connectivity index (χ3v) is 4.14. The summed E-state index contributed by atoms with van der Waals surface area (Å²) in [6, 6.07) is 13.2. The van der Waals surface area contributed by atoms with Crippen LogP contribution in [0.5, 0.6) is 0 Å². The van der Waals surface area contributed by atoms with Crippen molar-refractivity contribution < 1.29 is 18.3 Å². The van der Waals surface area contributed by atoms with Gasteiger partial charge in [0.2, 0.25) is 0 Å². The van der Waals surface area contributed by atoms with E-state index in [0.29, 0.717) is 6.42 Å². The standard InChI is InChI=1S/C13H10O4P2/c14-18(15)12-5-1-10(2-6-12)9-11-3-7-13(8-4-11)19(16)17/h1-8H,9H2. The fourth-order valence-corrected chi connectivity index (χ4v) is 2.49. The van der Waals surface area contributed by atoms with Crippen LogP contribution in [0.4, 0.5) is 0 Å². The predicted molar refractivity (Wildman–Crippen MR) is 71.5 cm³/mol. The molecule has 0 saturated heterocycles. The van der Waals surface area contributed by atoms with Gasteiger partial charge in [-0.3, -0.25) is 0 Å². The van der Waals surface area contributed by atoms with Crippen molar-refractivity contribution in [2.75, 3.05) is 0 Å². The minimum absolute atomic E-state index is 0.289. The van der Waals surface area contributed by atoms with E-state index in [0.717, 1.165) is 11.1 Å². The van der Waals surface area contributed by atoms with E-state index in [-0.39, 0.29) is 10.6 Å². The van der Waals surface area contributed by atoms with E-state index in [2.05, 4.69) is 0 Å². The molecule has 0 atom stereocenters. The number of hydrogen-bond donors (Lipinski definition) is 0. The van der Waals surface area contributed by atoms with Gasteiger partial charge in [0.15, 0.2) is 0 Å². The number of hydrogen-bond acceptors (Lipinski definition) is 4. The lowest BCUT2D eigenvalue weighted by Gasteiger charge is -2.02. The van der Waals surface area contributed by atoms with Gasteiger partial charge in [-0.15, -0.1) is 0 Å². The van der Waals surface area contributed by atoms with Crippen molar-refractivity contribution in [3.63, 3.8) is 0 Å². The van der Waals surface area contributed by atoms with Crippen molar-refractivity contribution in [2.24, 2.45) is 0 Å². The molecular weight excluding hydrogens is 282 g/mol. The maximum atomic E-state index is 10.8. The summed E-state index contributed by atoms with van der Waals surface area (Å²) in [5.74, 6) is 0. The molecule has 6 heteroatoms. The lowest BCUT2D eigenvalue weighted by molar-refractivity contribution is 0.521. The van der Waals surface area contributed by atoms with Crippen LogP contribution in [0.3, 0.4) is 0 Å². The normalized spacial score (nSPS) is 10.1. The summed E-state index contributed by atoms with van der Waals surface area (Å²) < 4.78 is 43.0. The molecular formula is C13H10O4P2. The zero-order chi connectivity index (χ0) is 13.8. The molecule has 96 valence electrons. The van der Waals surface area contributed by atoms with Gasteiger partial charge in [-0.1, -0.05) is 24.3 Å². The number of benzene rings is 2. The molecule has 0 heterocycles. The summed E-state index contributed by atoms with van der Waals surface area (Å²) in [4.78, 5) is 0. The third kappa shape index (κ3) is 3.60.